The highest BCUT2D eigenvalue weighted by Gasteiger charge is 2.17. The van der Waals surface area contributed by atoms with Crippen molar-refractivity contribution in [3.8, 4) is 0 Å². The summed E-state index contributed by atoms with van der Waals surface area (Å²) in [4.78, 5) is 24.6. The minimum atomic E-state index is -0.171. The predicted octanol–water partition coefficient (Wildman–Crippen LogP) is -0.290. The van der Waals surface area contributed by atoms with E-state index in [4.69, 9.17) is 0 Å². The average Bonchev–Trinajstić information content (AvgIpc) is 2.29. The van der Waals surface area contributed by atoms with E-state index in [-0.39, 0.29) is 11.8 Å². The lowest BCUT2D eigenvalue weighted by molar-refractivity contribution is -0.121. The van der Waals surface area contributed by atoms with Gasteiger partial charge in [0.1, 0.15) is 5.71 Å². The van der Waals surface area contributed by atoms with Crippen LogP contribution in [-0.4, -0.2) is 49.6 Å². The molecular formula is C11H20N4O2. The van der Waals surface area contributed by atoms with Crippen LogP contribution in [0.3, 0.4) is 0 Å². The molecule has 2 N–H and O–H groups in total. The Bertz CT molecular complexity index is 313. The summed E-state index contributed by atoms with van der Waals surface area (Å²) in [6.45, 7) is 1.67. The Kier molecular flexibility index (Phi) is 5.62. The molecule has 1 rings (SSSR count). The van der Waals surface area contributed by atoms with Gasteiger partial charge in [-0.15, -0.1) is 0 Å². The molecule has 0 fully saturated rings. The molecule has 0 spiro atoms. The largest absolute Gasteiger partial charge is 0.351 e. The molecule has 0 unspecified atom stereocenters. The van der Waals surface area contributed by atoms with Crippen LogP contribution in [0.15, 0.2) is 5.10 Å². The van der Waals surface area contributed by atoms with Gasteiger partial charge >= 0.3 is 0 Å². The summed E-state index contributed by atoms with van der Waals surface area (Å²) >= 11 is 0. The quantitative estimate of drug-likeness (QED) is 0.627. The fourth-order valence-electron chi connectivity index (χ4n) is 1.49. The molecule has 17 heavy (non-hydrogen) atoms. The molecule has 0 bridgehead atoms. The van der Waals surface area contributed by atoms with Crippen LogP contribution in [-0.2, 0) is 9.59 Å². The van der Waals surface area contributed by atoms with E-state index < -0.39 is 0 Å². The van der Waals surface area contributed by atoms with Crippen molar-refractivity contribution in [3.05, 3.63) is 0 Å². The van der Waals surface area contributed by atoms with Crippen molar-refractivity contribution >= 4 is 17.5 Å². The Morgan fingerprint density at radius 2 is 2.18 bits per heavy atom. The number of unbranched alkanes of at least 4 members (excludes halogenated alkanes) is 1. The third-order valence-electron chi connectivity index (χ3n) is 2.48. The molecule has 0 aromatic heterocycles. The predicted molar refractivity (Wildman–Crippen MR) is 65.6 cm³/mol. The Morgan fingerprint density at radius 1 is 1.41 bits per heavy atom. The van der Waals surface area contributed by atoms with Crippen LogP contribution in [0.4, 0.5) is 0 Å². The van der Waals surface area contributed by atoms with Crippen LogP contribution in [0.5, 0.6) is 0 Å². The summed E-state index contributed by atoms with van der Waals surface area (Å²) in [7, 11) is 4.05. The molecule has 0 radical (unpaired) electrons. The van der Waals surface area contributed by atoms with E-state index in [1.807, 2.05) is 14.1 Å². The summed E-state index contributed by atoms with van der Waals surface area (Å²) in [5.41, 5.74) is 2.73. The smallest absolute Gasteiger partial charge is 0.267 e. The number of amides is 2. The van der Waals surface area contributed by atoms with Crippen LogP contribution < -0.4 is 10.7 Å². The Labute approximate surface area is 101 Å². The highest BCUT2D eigenvalue weighted by Crippen LogP contribution is 1.99. The van der Waals surface area contributed by atoms with Crippen molar-refractivity contribution in [3.63, 3.8) is 0 Å². The number of hydrogen-bond acceptors (Lipinski definition) is 4. The number of nitrogens with one attached hydrogen (secondary N) is 2. The number of hydrogen-bond donors (Lipinski definition) is 2. The number of rotatable bonds is 6. The van der Waals surface area contributed by atoms with Gasteiger partial charge in [-0.05, 0) is 33.5 Å². The molecule has 96 valence electrons. The minimum Gasteiger partial charge on any atom is -0.351 e. The second kappa shape index (κ2) is 7.01. The van der Waals surface area contributed by atoms with E-state index in [2.05, 4.69) is 20.7 Å². The lowest BCUT2D eigenvalue weighted by atomic mass is 10.1. The molecule has 0 atom stereocenters. The summed E-state index contributed by atoms with van der Waals surface area (Å²) in [5.74, 6) is -0.303. The summed E-state index contributed by atoms with van der Waals surface area (Å²) in [6, 6.07) is 0. The normalized spacial score (nSPS) is 15.5. The van der Waals surface area contributed by atoms with E-state index in [1.54, 1.807) is 0 Å². The van der Waals surface area contributed by atoms with E-state index in [0.29, 0.717) is 25.1 Å². The molecule has 6 heteroatoms. The van der Waals surface area contributed by atoms with Gasteiger partial charge in [-0.25, -0.2) is 5.43 Å². The molecule has 1 aliphatic heterocycles. The average molecular weight is 240 g/mol. The van der Waals surface area contributed by atoms with E-state index in [1.165, 1.54) is 0 Å². The van der Waals surface area contributed by atoms with Crippen LogP contribution in [0, 0.1) is 0 Å². The van der Waals surface area contributed by atoms with Gasteiger partial charge in [0.2, 0.25) is 5.91 Å². The van der Waals surface area contributed by atoms with E-state index >= 15 is 0 Å². The minimum absolute atomic E-state index is 0.132. The fraction of sp³-hybridized carbons (Fsp3) is 0.727. The highest BCUT2D eigenvalue weighted by atomic mass is 16.2. The SMILES string of the molecule is CN(C)CCCCNC(=O)C1=NNC(=O)CC1. The molecule has 0 aromatic rings. The van der Waals surface area contributed by atoms with Gasteiger partial charge in [-0.2, -0.15) is 5.10 Å². The molecule has 1 aliphatic rings. The van der Waals surface area contributed by atoms with Gasteiger partial charge < -0.3 is 10.2 Å². The fourth-order valence-corrected chi connectivity index (χ4v) is 1.49. The Hall–Kier alpha value is -1.43. The second-order valence-corrected chi connectivity index (χ2v) is 4.36. The molecular weight excluding hydrogens is 220 g/mol. The summed E-state index contributed by atoms with van der Waals surface area (Å²) < 4.78 is 0. The number of carbonyl (C=O) groups excluding carboxylic acids is 2. The van der Waals surface area contributed by atoms with Crippen molar-refractivity contribution in [1.29, 1.82) is 0 Å². The Balaban J connectivity index is 2.15. The van der Waals surface area contributed by atoms with Crippen molar-refractivity contribution in [1.82, 2.24) is 15.6 Å². The first-order chi connectivity index (χ1) is 8.09. The highest BCUT2D eigenvalue weighted by molar-refractivity contribution is 6.39. The molecule has 2 amide bonds. The second-order valence-electron chi connectivity index (χ2n) is 4.36. The van der Waals surface area contributed by atoms with Crippen molar-refractivity contribution in [2.75, 3.05) is 27.2 Å². The number of hydrazone groups is 1. The first-order valence-electron chi connectivity index (χ1n) is 5.88. The molecule has 6 nitrogen and oxygen atoms in total. The van der Waals surface area contributed by atoms with Crippen molar-refractivity contribution in [2.24, 2.45) is 5.10 Å². The summed E-state index contributed by atoms with van der Waals surface area (Å²) in [6.07, 6.45) is 2.77. The molecule has 0 saturated heterocycles. The van der Waals surface area contributed by atoms with Gasteiger partial charge in [-0.3, -0.25) is 9.59 Å². The maximum Gasteiger partial charge on any atom is 0.267 e. The topological polar surface area (TPSA) is 73.8 Å². The maximum atomic E-state index is 11.6. The van der Waals surface area contributed by atoms with Crippen LogP contribution in [0.2, 0.25) is 0 Å². The first-order valence-corrected chi connectivity index (χ1v) is 5.88. The van der Waals surface area contributed by atoms with Gasteiger partial charge in [0.15, 0.2) is 0 Å². The van der Waals surface area contributed by atoms with Gasteiger partial charge in [0.05, 0.1) is 0 Å². The van der Waals surface area contributed by atoms with Gasteiger partial charge in [-0.1, -0.05) is 0 Å². The lowest BCUT2D eigenvalue weighted by Gasteiger charge is -2.12. The van der Waals surface area contributed by atoms with Crippen LogP contribution in [0.25, 0.3) is 0 Å². The monoisotopic (exact) mass is 240 g/mol. The lowest BCUT2D eigenvalue weighted by Crippen LogP contribution is -2.37. The number of carbonyl (C=O) groups is 2. The van der Waals surface area contributed by atoms with Crippen molar-refractivity contribution < 1.29 is 9.59 Å². The number of nitrogens with zero attached hydrogens (tertiary/aromatic N) is 2. The first kappa shape index (κ1) is 13.6. The van der Waals surface area contributed by atoms with Crippen LogP contribution in [0.1, 0.15) is 25.7 Å². The molecule has 0 saturated carbocycles. The third kappa shape index (κ3) is 5.44. The van der Waals surface area contributed by atoms with E-state index in [0.717, 1.165) is 19.4 Å². The molecule has 0 aliphatic carbocycles. The zero-order valence-electron chi connectivity index (χ0n) is 10.5. The van der Waals surface area contributed by atoms with Gasteiger partial charge in [0, 0.05) is 19.4 Å². The van der Waals surface area contributed by atoms with Crippen LogP contribution >= 0.6 is 0 Å². The van der Waals surface area contributed by atoms with E-state index in [9.17, 15) is 9.59 Å². The summed E-state index contributed by atoms with van der Waals surface area (Å²) in [5, 5.41) is 6.54. The third-order valence-corrected chi connectivity index (χ3v) is 2.48. The zero-order valence-corrected chi connectivity index (χ0v) is 10.5. The van der Waals surface area contributed by atoms with Gasteiger partial charge in [0.25, 0.3) is 5.91 Å². The molecule has 1 heterocycles. The zero-order chi connectivity index (χ0) is 12.7. The Morgan fingerprint density at radius 3 is 2.76 bits per heavy atom. The molecule has 0 aromatic carbocycles. The van der Waals surface area contributed by atoms with Crippen molar-refractivity contribution in [2.45, 2.75) is 25.7 Å². The maximum absolute atomic E-state index is 11.6. The standard InChI is InChI=1S/C11H20N4O2/c1-15(2)8-4-3-7-12-11(17)9-5-6-10(16)14-13-9/h3-8H2,1-2H3,(H,12,17)(H,14,16).